The molecule has 224 valence electrons. The molecule has 10 nitrogen and oxygen atoms in total. The van der Waals surface area contributed by atoms with Gasteiger partial charge in [0.05, 0.1) is 22.3 Å². The Kier molecular flexibility index (Phi) is 9.75. The zero-order valence-electron chi connectivity index (χ0n) is 23.4. The molecule has 10 heteroatoms. The second-order valence-corrected chi connectivity index (χ2v) is 9.83. The average Bonchev–Trinajstić information content (AvgIpc) is 3.08. The predicted octanol–water partition coefficient (Wildman–Crippen LogP) is 4.20. The highest BCUT2D eigenvalue weighted by atomic mass is 16.7. The summed E-state index contributed by atoms with van der Waals surface area (Å²) in [6.07, 6.45) is -5.46. The van der Waals surface area contributed by atoms with Crippen molar-refractivity contribution in [3.63, 3.8) is 0 Å². The number of carbonyl (C=O) groups is 4. The maximum absolute atomic E-state index is 13.2. The third-order valence-corrected chi connectivity index (χ3v) is 6.82. The topological polar surface area (TPSA) is 140 Å². The van der Waals surface area contributed by atoms with E-state index in [0.717, 1.165) is 0 Å². The summed E-state index contributed by atoms with van der Waals surface area (Å²) in [4.78, 5) is 52.2. The molecular weight excluding hydrogens is 566 g/mol. The lowest BCUT2D eigenvalue weighted by molar-refractivity contribution is -0.247. The normalized spacial score (nSPS) is 21.0. The summed E-state index contributed by atoms with van der Waals surface area (Å²) in [5.41, 5.74) is 7.44. The van der Waals surface area contributed by atoms with Crippen LogP contribution in [0.15, 0.2) is 121 Å². The first-order valence-electron chi connectivity index (χ1n) is 13.8. The van der Waals surface area contributed by atoms with Crippen LogP contribution in [-0.4, -0.2) is 61.1 Å². The van der Waals surface area contributed by atoms with Crippen molar-refractivity contribution in [1.29, 1.82) is 0 Å². The van der Waals surface area contributed by atoms with E-state index in [1.165, 1.54) is 0 Å². The Morgan fingerprint density at radius 3 is 1.32 bits per heavy atom. The molecular formula is C34H29NO9. The number of hydrogen-bond acceptors (Lipinski definition) is 10. The van der Waals surface area contributed by atoms with Gasteiger partial charge in [-0.25, -0.2) is 19.2 Å². The molecule has 0 radical (unpaired) electrons. The second-order valence-electron chi connectivity index (χ2n) is 9.83. The van der Waals surface area contributed by atoms with E-state index in [-0.39, 0.29) is 22.3 Å². The largest absolute Gasteiger partial charge is 0.459 e. The molecule has 4 aromatic rings. The Balaban J connectivity index is 1.46. The molecule has 0 aromatic heterocycles. The van der Waals surface area contributed by atoms with Crippen molar-refractivity contribution < 1.29 is 42.9 Å². The number of benzene rings is 4. The van der Waals surface area contributed by atoms with E-state index >= 15 is 0 Å². The van der Waals surface area contributed by atoms with Crippen LogP contribution < -0.4 is 5.73 Å². The standard InChI is InChI=1S/C34H29NO9/c35-27-29(43-32(38)24-17-9-3-10-18-24)28(42-31(37)23-15-7-2-8-16-23)26(21-40-30(36)22-13-5-1-6-14-22)41-34(27)44-33(39)25-19-11-4-12-20-25/h1-20,26-29,34H,21,35H2/t26?,27-,28-,29-,34?/m1/s1. The summed E-state index contributed by atoms with van der Waals surface area (Å²) in [5, 5.41) is 0. The van der Waals surface area contributed by atoms with E-state index < -0.39 is 61.1 Å². The summed E-state index contributed by atoms with van der Waals surface area (Å²) in [7, 11) is 0. The molecule has 0 spiro atoms. The summed E-state index contributed by atoms with van der Waals surface area (Å²) in [5.74, 6) is -2.94. The first kappa shape index (κ1) is 30.1. The fraction of sp³-hybridized carbons (Fsp3) is 0.176. The lowest BCUT2D eigenvalue weighted by Gasteiger charge is -2.43. The Labute approximate surface area is 253 Å². The molecule has 5 rings (SSSR count). The van der Waals surface area contributed by atoms with Crippen LogP contribution in [0.25, 0.3) is 0 Å². The van der Waals surface area contributed by atoms with Crippen molar-refractivity contribution in [2.45, 2.75) is 30.6 Å². The lowest BCUT2D eigenvalue weighted by atomic mass is 9.96. The molecule has 5 atom stereocenters. The molecule has 1 saturated heterocycles. The van der Waals surface area contributed by atoms with Gasteiger partial charge in [-0.2, -0.15) is 0 Å². The average molecular weight is 596 g/mol. The van der Waals surface area contributed by atoms with E-state index in [0.29, 0.717) is 0 Å². The number of nitrogens with two attached hydrogens (primary N) is 1. The number of rotatable bonds is 9. The van der Waals surface area contributed by atoms with Crippen LogP contribution in [0.1, 0.15) is 41.4 Å². The van der Waals surface area contributed by atoms with Gasteiger partial charge < -0.3 is 29.4 Å². The van der Waals surface area contributed by atoms with Gasteiger partial charge in [0.15, 0.2) is 12.2 Å². The van der Waals surface area contributed by atoms with Crippen LogP contribution in [0, 0.1) is 0 Å². The van der Waals surface area contributed by atoms with E-state index in [9.17, 15) is 19.2 Å². The minimum Gasteiger partial charge on any atom is -0.459 e. The fourth-order valence-electron chi connectivity index (χ4n) is 4.55. The minimum atomic E-state index is -1.47. The van der Waals surface area contributed by atoms with Crippen molar-refractivity contribution in [1.82, 2.24) is 0 Å². The van der Waals surface area contributed by atoms with Crippen molar-refractivity contribution in [3.8, 4) is 0 Å². The summed E-state index contributed by atoms with van der Waals surface area (Å²) in [6.45, 7) is -0.452. The smallest absolute Gasteiger partial charge is 0.340 e. The highest BCUT2D eigenvalue weighted by Gasteiger charge is 2.51. The zero-order valence-corrected chi connectivity index (χ0v) is 23.4. The predicted molar refractivity (Wildman–Crippen MR) is 157 cm³/mol. The molecule has 0 aliphatic carbocycles. The van der Waals surface area contributed by atoms with Crippen LogP contribution in [0.5, 0.6) is 0 Å². The third-order valence-electron chi connectivity index (χ3n) is 6.82. The molecule has 1 fully saturated rings. The van der Waals surface area contributed by atoms with Gasteiger partial charge in [0.25, 0.3) is 0 Å². The van der Waals surface area contributed by atoms with Crippen LogP contribution >= 0.6 is 0 Å². The third kappa shape index (κ3) is 7.35. The van der Waals surface area contributed by atoms with Crippen molar-refractivity contribution in [2.75, 3.05) is 6.61 Å². The summed E-state index contributed by atoms with van der Waals surface area (Å²) >= 11 is 0. The Morgan fingerprint density at radius 1 is 0.523 bits per heavy atom. The number of ether oxygens (including phenoxy) is 5. The van der Waals surface area contributed by atoms with Gasteiger partial charge in [0.2, 0.25) is 6.29 Å². The van der Waals surface area contributed by atoms with Crippen LogP contribution in [-0.2, 0) is 23.7 Å². The molecule has 1 heterocycles. The molecule has 2 N–H and O–H groups in total. The van der Waals surface area contributed by atoms with E-state index in [4.69, 9.17) is 29.4 Å². The number of hydrogen-bond donors (Lipinski definition) is 1. The molecule has 2 unspecified atom stereocenters. The van der Waals surface area contributed by atoms with Gasteiger partial charge in [0, 0.05) is 0 Å². The SMILES string of the molecule is N[C@H]1C(OC(=O)c2ccccc2)OC(COC(=O)c2ccccc2)[C@@H](OC(=O)c2ccccc2)[C@@H]1OC(=O)c1ccccc1. The van der Waals surface area contributed by atoms with Crippen LogP contribution in [0.4, 0.5) is 0 Å². The van der Waals surface area contributed by atoms with Crippen molar-refractivity contribution >= 4 is 23.9 Å². The summed E-state index contributed by atoms with van der Waals surface area (Å²) < 4.78 is 28.8. The second kappa shape index (κ2) is 14.2. The summed E-state index contributed by atoms with van der Waals surface area (Å²) in [6, 6.07) is 31.4. The van der Waals surface area contributed by atoms with E-state index in [2.05, 4.69) is 0 Å². The highest BCUT2D eigenvalue weighted by molar-refractivity contribution is 5.91. The minimum absolute atomic E-state index is 0.212. The Morgan fingerprint density at radius 2 is 0.886 bits per heavy atom. The van der Waals surface area contributed by atoms with E-state index in [1.807, 2.05) is 0 Å². The maximum atomic E-state index is 13.2. The molecule has 44 heavy (non-hydrogen) atoms. The first-order chi connectivity index (χ1) is 21.4. The fourth-order valence-corrected chi connectivity index (χ4v) is 4.55. The van der Waals surface area contributed by atoms with Gasteiger partial charge in [0.1, 0.15) is 18.8 Å². The van der Waals surface area contributed by atoms with Gasteiger partial charge in [-0.15, -0.1) is 0 Å². The van der Waals surface area contributed by atoms with Gasteiger partial charge in [-0.1, -0.05) is 72.8 Å². The van der Waals surface area contributed by atoms with Crippen LogP contribution in [0.2, 0.25) is 0 Å². The number of carbonyl (C=O) groups excluding carboxylic acids is 4. The Bertz CT molecular complexity index is 1510. The lowest BCUT2D eigenvalue weighted by Crippen LogP contribution is -2.65. The molecule has 0 saturated carbocycles. The van der Waals surface area contributed by atoms with Gasteiger partial charge in [-0.05, 0) is 48.5 Å². The van der Waals surface area contributed by atoms with Crippen molar-refractivity contribution in [3.05, 3.63) is 144 Å². The number of esters is 4. The van der Waals surface area contributed by atoms with Gasteiger partial charge in [-0.3, -0.25) is 0 Å². The first-order valence-corrected chi connectivity index (χ1v) is 13.8. The molecule has 1 aliphatic heterocycles. The quantitative estimate of drug-likeness (QED) is 0.221. The maximum Gasteiger partial charge on any atom is 0.340 e. The molecule has 0 bridgehead atoms. The van der Waals surface area contributed by atoms with Crippen molar-refractivity contribution in [2.24, 2.45) is 5.73 Å². The van der Waals surface area contributed by atoms with Crippen LogP contribution in [0.3, 0.4) is 0 Å². The Hall–Kier alpha value is -5.32. The zero-order chi connectivity index (χ0) is 30.9. The highest BCUT2D eigenvalue weighted by Crippen LogP contribution is 2.29. The molecule has 4 aromatic carbocycles. The molecule has 0 amide bonds. The molecule has 1 aliphatic rings. The monoisotopic (exact) mass is 595 g/mol. The van der Waals surface area contributed by atoms with E-state index in [1.54, 1.807) is 121 Å². The van der Waals surface area contributed by atoms with Gasteiger partial charge >= 0.3 is 23.9 Å².